The second-order valence-electron chi connectivity index (χ2n) is 2.96. The van der Waals surface area contributed by atoms with Crippen LogP contribution >= 0.6 is 27.5 Å². The molecule has 0 saturated heterocycles. The molecule has 1 heterocycles. The fraction of sp³-hybridized carbons (Fsp3) is 0. The zero-order valence-corrected chi connectivity index (χ0v) is 9.94. The van der Waals surface area contributed by atoms with Crippen LogP contribution in [-0.2, 0) is 0 Å². The van der Waals surface area contributed by atoms with E-state index in [0.29, 0.717) is 0 Å². The van der Waals surface area contributed by atoms with Crippen LogP contribution in [0.4, 0.5) is 14.6 Å². The molecule has 3 nitrogen and oxygen atoms in total. The number of hydrogen-bond acceptors (Lipinski definition) is 3. The van der Waals surface area contributed by atoms with E-state index in [1.54, 1.807) is 0 Å². The summed E-state index contributed by atoms with van der Waals surface area (Å²) < 4.78 is 31.7. The molecule has 0 aliphatic carbocycles. The van der Waals surface area contributed by atoms with Crippen molar-refractivity contribution in [1.29, 1.82) is 0 Å². The van der Waals surface area contributed by atoms with Gasteiger partial charge in [-0.25, -0.2) is 8.78 Å². The molecule has 84 valence electrons. The third kappa shape index (κ3) is 1.78. The summed E-state index contributed by atoms with van der Waals surface area (Å²) in [7, 11) is 0. The molecule has 0 fully saturated rings. The first-order valence-electron chi connectivity index (χ1n) is 4.06. The van der Waals surface area contributed by atoms with Crippen molar-refractivity contribution in [2.75, 3.05) is 5.73 Å². The summed E-state index contributed by atoms with van der Waals surface area (Å²) in [4.78, 5) is 0. The molecule has 0 amide bonds. The fourth-order valence-corrected chi connectivity index (χ4v) is 1.66. The summed E-state index contributed by atoms with van der Waals surface area (Å²) in [5, 5.41) is 3.12. The summed E-state index contributed by atoms with van der Waals surface area (Å²) in [6.07, 6.45) is 0. The highest BCUT2D eigenvalue weighted by Gasteiger charge is 2.19. The zero-order chi connectivity index (χ0) is 11.9. The Labute approximate surface area is 102 Å². The first-order chi connectivity index (χ1) is 7.50. The topological polar surface area (TPSA) is 52.0 Å². The molecule has 0 aliphatic rings. The van der Waals surface area contributed by atoms with Crippen molar-refractivity contribution in [2.45, 2.75) is 0 Å². The Morgan fingerprint density at radius 2 is 2.00 bits per heavy atom. The summed E-state index contributed by atoms with van der Waals surface area (Å²) in [5.74, 6) is -1.39. The van der Waals surface area contributed by atoms with Gasteiger partial charge >= 0.3 is 0 Å². The highest BCUT2D eigenvalue weighted by molar-refractivity contribution is 9.10. The van der Waals surface area contributed by atoms with Crippen LogP contribution in [0.25, 0.3) is 11.3 Å². The maximum absolute atomic E-state index is 13.5. The predicted molar refractivity (Wildman–Crippen MR) is 59.0 cm³/mol. The van der Waals surface area contributed by atoms with E-state index in [9.17, 15) is 8.78 Å². The molecule has 0 radical (unpaired) electrons. The Hall–Kier alpha value is -1.14. The molecule has 1 aromatic carbocycles. The highest BCUT2D eigenvalue weighted by atomic mass is 79.9. The highest BCUT2D eigenvalue weighted by Crippen LogP contribution is 2.35. The van der Waals surface area contributed by atoms with Gasteiger partial charge in [0.2, 0.25) is 0 Å². The van der Waals surface area contributed by atoms with Gasteiger partial charge in [-0.3, -0.25) is 0 Å². The van der Waals surface area contributed by atoms with Gasteiger partial charge in [-0.15, -0.1) is 0 Å². The minimum atomic E-state index is -0.750. The van der Waals surface area contributed by atoms with Crippen LogP contribution in [0.3, 0.4) is 0 Å². The Morgan fingerprint density at radius 1 is 1.31 bits per heavy atom. The normalized spacial score (nSPS) is 10.8. The van der Waals surface area contributed by atoms with Crippen molar-refractivity contribution in [3.05, 3.63) is 33.3 Å². The Balaban J connectivity index is 2.65. The second-order valence-corrected chi connectivity index (χ2v) is 4.16. The van der Waals surface area contributed by atoms with E-state index >= 15 is 0 Å². The maximum Gasteiger partial charge on any atom is 0.186 e. The quantitative estimate of drug-likeness (QED) is 0.819. The van der Waals surface area contributed by atoms with E-state index in [0.717, 1.165) is 12.1 Å². The SMILES string of the molecule is Nc1noc(-c2cc(F)c(Cl)cc2F)c1Br. The Kier molecular flexibility index (Phi) is 2.86. The lowest BCUT2D eigenvalue weighted by molar-refractivity contribution is 0.432. The van der Waals surface area contributed by atoms with Crippen molar-refractivity contribution in [3.8, 4) is 11.3 Å². The van der Waals surface area contributed by atoms with Gasteiger partial charge in [0.15, 0.2) is 11.6 Å². The van der Waals surface area contributed by atoms with Crippen molar-refractivity contribution < 1.29 is 13.3 Å². The molecule has 2 N–H and O–H groups in total. The first-order valence-corrected chi connectivity index (χ1v) is 5.23. The first kappa shape index (κ1) is 11.3. The van der Waals surface area contributed by atoms with Crippen LogP contribution < -0.4 is 5.73 Å². The summed E-state index contributed by atoms with van der Waals surface area (Å²) in [6, 6.07) is 1.78. The standard InChI is InChI=1S/C9H4BrClF2N2O/c10-7-8(16-15-9(7)14)3-1-6(13)4(11)2-5(3)12/h1-2H,(H2,14,15). The largest absolute Gasteiger partial charge is 0.380 e. The van der Waals surface area contributed by atoms with Crippen LogP contribution in [0, 0.1) is 11.6 Å². The third-order valence-electron chi connectivity index (χ3n) is 1.91. The minimum Gasteiger partial charge on any atom is -0.380 e. The summed E-state index contributed by atoms with van der Waals surface area (Å²) in [5.41, 5.74) is 5.30. The van der Waals surface area contributed by atoms with E-state index in [2.05, 4.69) is 21.1 Å². The average molecular weight is 309 g/mol. The molecular formula is C9H4BrClF2N2O. The van der Waals surface area contributed by atoms with Crippen molar-refractivity contribution in [1.82, 2.24) is 5.16 Å². The Morgan fingerprint density at radius 3 is 2.56 bits per heavy atom. The zero-order valence-electron chi connectivity index (χ0n) is 7.60. The molecule has 16 heavy (non-hydrogen) atoms. The van der Waals surface area contributed by atoms with Gasteiger partial charge in [0.05, 0.1) is 10.6 Å². The molecule has 0 bridgehead atoms. The number of nitrogens with two attached hydrogens (primary N) is 1. The van der Waals surface area contributed by atoms with Gasteiger partial charge in [0.1, 0.15) is 16.1 Å². The molecule has 7 heteroatoms. The van der Waals surface area contributed by atoms with Gasteiger partial charge in [-0.05, 0) is 28.1 Å². The molecule has 0 unspecified atom stereocenters. The average Bonchev–Trinajstić information content (AvgIpc) is 2.54. The van der Waals surface area contributed by atoms with Crippen LogP contribution in [-0.4, -0.2) is 5.16 Å². The fourth-order valence-electron chi connectivity index (χ4n) is 1.16. The van der Waals surface area contributed by atoms with E-state index in [4.69, 9.17) is 21.9 Å². The van der Waals surface area contributed by atoms with Crippen molar-refractivity contribution in [3.63, 3.8) is 0 Å². The number of anilines is 1. The van der Waals surface area contributed by atoms with Gasteiger partial charge in [-0.1, -0.05) is 16.8 Å². The van der Waals surface area contributed by atoms with Crippen molar-refractivity contribution >= 4 is 33.3 Å². The van der Waals surface area contributed by atoms with E-state index < -0.39 is 11.6 Å². The smallest absolute Gasteiger partial charge is 0.186 e. The molecule has 2 rings (SSSR count). The maximum atomic E-state index is 13.5. The lowest BCUT2D eigenvalue weighted by Crippen LogP contribution is -1.88. The van der Waals surface area contributed by atoms with E-state index in [-0.39, 0.29) is 26.6 Å². The number of hydrogen-bond donors (Lipinski definition) is 1. The van der Waals surface area contributed by atoms with Crippen LogP contribution in [0.15, 0.2) is 21.1 Å². The van der Waals surface area contributed by atoms with Gasteiger partial charge in [-0.2, -0.15) is 0 Å². The molecule has 2 aromatic rings. The summed E-state index contributed by atoms with van der Waals surface area (Å²) >= 11 is 8.48. The monoisotopic (exact) mass is 308 g/mol. The van der Waals surface area contributed by atoms with E-state index in [1.807, 2.05) is 0 Å². The van der Waals surface area contributed by atoms with Crippen LogP contribution in [0.5, 0.6) is 0 Å². The molecule has 1 aromatic heterocycles. The summed E-state index contributed by atoms with van der Waals surface area (Å²) in [6.45, 7) is 0. The molecule has 0 saturated carbocycles. The molecular weight excluding hydrogens is 305 g/mol. The molecule has 0 atom stereocenters. The number of benzene rings is 1. The number of halogens is 4. The van der Waals surface area contributed by atoms with Crippen LogP contribution in [0.2, 0.25) is 5.02 Å². The van der Waals surface area contributed by atoms with E-state index in [1.165, 1.54) is 0 Å². The van der Waals surface area contributed by atoms with Gasteiger partial charge in [0, 0.05) is 0 Å². The molecule has 0 aliphatic heterocycles. The number of rotatable bonds is 1. The lowest BCUT2D eigenvalue weighted by atomic mass is 10.1. The number of aromatic nitrogens is 1. The number of nitrogen functional groups attached to an aromatic ring is 1. The predicted octanol–water partition coefficient (Wildman–Crippen LogP) is 3.62. The Bertz CT molecular complexity index is 559. The van der Waals surface area contributed by atoms with Gasteiger partial charge in [0.25, 0.3) is 0 Å². The minimum absolute atomic E-state index is 0.0190. The molecule has 0 spiro atoms. The third-order valence-corrected chi connectivity index (χ3v) is 2.97. The second kappa shape index (κ2) is 4.03. The van der Waals surface area contributed by atoms with Crippen molar-refractivity contribution in [2.24, 2.45) is 0 Å². The lowest BCUT2D eigenvalue weighted by Gasteiger charge is -2.01. The van der Waals surface area contributed by atoms with Crippen LogP contribution in [0.1, 0.15) is 0 Å². The van der Waals surface area contributed by atoms with Gasteiger partial charge < -0.3 is 10.3 Å². The number of nitrogens with zero attached hydrogens (tertiary/aromatic N) is 1.